The second-order valence-corrected chi connectivity index (χ2v) is 7.71. The number of aromatic nitrogens is 2. The standard InChI is InChI=1S/C19H24Cl2N4O.ClH/c1-11-15(10-19(26)23-18-5-4-8-22-12(18)2)13(3)25(24-11)14-6-7-16(20)17(21)9-14;/h6-7,9,12,18,22H,4-5,8,10H2,1-3H3,(H,23,26);1H. The molecular weight excluding hydrogens is 407 g/mol. The quantitative estimate of drug-likeness (QED) is 0.769. The molecule has 1 aromatic carbocycles. The van der Waals surface area contributed by atoms with E-state index in [-0.39, 0.29) is 24.4 Å². The first-order valence-corrected chi connectivity index (χ1v) is 9.65. The smallest absolute Gasteiger partial charge is 0.224 e. The van der Waals surface area contributed by atoms with Gasteiger partial charge in [0.2, 0.25) is 5.91 Å². The number of aryl methyl sites for hydroxylation is 1. The first-order valence-electron chi connectivity index (χ1n) is 8.90. The summed E-state index contributed by atoms with van der Waals surface area (Å²) in [6.45, 7) is 7.02. The van der Waals surface area contributed by atoms with Gasteiger partial charge in [-0.1, -0.05) is 23.2 Å². The Labute approximate surface area is 176 Å². The molecule has 5 nitrogen and oxygen atoms in total. The molecule has 1 aromatic heterocycles. The Kier molecular flexibility index (Phi) is 7.57. The van der Waals surface area contributed by atoms with Crippen molar-refractivity contribution in [3.8, 4) is 5.69 Å². The first kappa shape index (κ1) is 22.0. The molecule has 1 saturated heterocycles. The Bertz CT molecular complexity index is 822. The molecule has 2 atom stereocenters. The van der Waals surface area contributed by atoms with Crippen molar-refractivity contribution in [1.29, 1.82) is 0 Å². The molecule has 0 saturated carbocycles. The van der Waals surface area contributed by atoms with Crippen LogP contribution in [0, 0.1) is 13.8 Å². The normalized spacial score (nSPS) is 19.4. The molecule has 0 radical (unpaired) electrons. The predicted molar refractivity (Wildman–Crippen MR) is 113 cm³/mol. The van der Waals surface area contributed by atoms with Crippen LogP contribution < -0.4 is 10.6 Å². The summed E-state index contributed by atoms with van der Waals surface area (Å²) in [6, 6.07) is 5.88. The maximum absolute atomic E-state index is 12.6. The van der Waals surface area contributed by atoms with Crippen LogP contribution in [0.5, 0.6) is 0 Å². The number of nitrogens with one attached hydrogen (secondary N) is 2. The molecular formula is C19H25Cl3N4O. The van der Waals surface area contributed by atoms with E-state index in [0.717, 1.165) is 42.0 Å². The van der Waals surface area contributed by atoms with Crippen LogP contribution in [-0.2, 0) is 11.2 Å². The molecule has 0 aliphatic carbocycles. The number of carbonyl (C=O) groups excluding carboxylic acids is 1. The Morgan fingerprint density at radius 2 is 2.07 bits per heavy atom. The highest BCUT2D eigenvalue weighted by Crippen LogP contribution is 2.26. The van der Waals surface area contributed by atoms with Gasteiger partial charge >= 0.3 is 0 Å². The van der Waals surface area contributed by atoms with Crippen LogP contribution in [0.25, 0.3) is 5.69 Å². The SMILES string of the molecule is Cc1nn(-c2ccc(Cl)c(Cl)c2)c(C)c1CC(=O)NC1CCCNC1C.Cl. The summed E-state index contributed by atoms with van der Waals surface area (Å²) in [5.74, 6) is 0.0328. The number of hydrogen-bond donors (Lipinski definition) is 2. The molecule has 1 fully saturated rings. The van der Waals surface area contributed by atoms with Crippen LogP contribution in [0.1, 0.15) is 36.7 Å². The highest BCUT2D eigenvalue weighted by atomic mass is 35.5. The van der Waals surface area contributed by atoms with Crippen LogP contribution in [-0.4, -0.2) is 34.3 Å². The number of carbonyl (C=O) groups is 1. The number of hydrogen-bond acceptors (Lipinski definition) is 3. The van der Waals surface area contributed by atoms with Gasteiger partial charge in [-0.2, -0.15) is 5.10 Å². The molecule has 3 rings (SSSR count). The Morgan fingerprint density at radius 3 is 2.74 bits per heavy atom. The van der Waals surface area contributed by atoms with Gasteiger partial charge in [0.1, 0.15) is 0 Å². The largest absolute Gasteiger partial charge is 0.352 e. The van der Waals surface area contributed by atoms with Crippen molar-refractivity contribution in [2.75, 3.05) is 6.54 Å². The average molecular weight is 432 g/mol. The van der Waals surface area contributed by atoms with Crippen molar-refractivity contribution >= 4 is 41.5 Å². The Balaban J connectivity index is 0.00000261. The second-order valence-electron chi connectivity index (χ2n) is 6.90. The number of benzene rings is 1. The fourth-order valence-electron chi connectivity index (χ4n) is 3.46. The van der Waals surface area contributed by atoms with Crippen molar-refractivity contribution in [1.82, 2.24) is 20.4 Å². The van der Waals surface area contributed by atoms with Gasteiger partial charge in [-0.05, 0) is 58.4 Å². The van der Waals surface area contributed by atoms with Crippen LogP contribution in [0.15, 0.2) is 18.2 Å². The zero-order valence-electron chi connectivity index (χ0n) is 15.7. The van der Waals surface area contributed by atoms with Gasteiger partial charge in [0, 0.05) is 23.3 Å². The number of nitrogens with zero attached hydrogens (tertiary/aromatic N) is 2. The first-order chi connectivity index (χ1) is 12.4. The van der Waals surface area contributed by atoms with E-state index in [9.17, 15) is 4.79 Å². The molecule has 2 N–H and O–H groups in total. The van der Waals surface area contributed by atoms with Gasteiger partial charge in [0.05, 0.1) is 27.8 Å². The minimum absolute atomic E-state index is 0. The van der Waals surface area contributed by atoms with Crippen LogP contribution in [0.4, 0.5) is 0 Å². The zero-order chi connectivity index (χ0) is 18.8. The number of amides is 1. The molecule has 8 heteroatoms. The molecule has 27 heavy (non-hydrogen) atoms. The van der Waals surface area contributed by atoms with Gasteiger partial charge in [-0.3, -0.25) is 4.79 Å². The summed E-state index contributed by atoms with van der Waals surface area (Å²) in [5, 5.41) is 12.1. The molecule has 0 bridgehead atoms. The zero-order valence-corrected chi connectivity index (χ0v) is 18.0. The monoisotopic (exact) mass is 430 g/mol. The van der Waals surface area contributed by atoms with Crippen LogP contribution in [0.2, 0.25) is 10.0 Å². The molecule has 2 heterocycles. The van der Waals surface area contributed by atoms with Crippen molar-refractivity contribution in [2.24, 2.45) is 0 Å². The van der Waals surface area contributed by atoms with E-state index in [2.05, 4.69) is 22.7 Å². The highest BCUT2D eigenvalue weighted by Gasteiger charge is 2.23. The molecule has 1 aliphatic heterocycles. The van der Waals surface area contributed by atoms with E-state index in [0.29, 0.717) is 22.5 Å². The topological polar surface area (TPSA) is 59.0 Å². The highest BCUT2D eigenvalue weighted by molar-refractivity contribution is 6.42. The number of rotatable bonds is 4. The fourth-order valence-corrected chi connectivity index (χ4v) is 3.75. The van der Waals surface area contributed by atoms with E-state index in [1.54, 1.807) is 12.1 Å². The molecule has 1 aliphatic rings. The minimum Gasteiger partial charge on any atom is -0.352 e. The minimum atomic E-state index is 0. The summed E-state index contributed by atoms with van der Waals surface area (Å²) in [5.41, 5.74) is 3.56. The van der Waals surface area contributed by atoms with E-state index < -0.39 is 0 Å². The number of piperidine rings is 1. The van der Waals surface area contributed by atoms with Crippen molar-refractivity contribution in [3.05, 3.63) is 45.2 Å². The lowest BCUT2D eigenvalue weighted by Gasteiger charge is -2.30. The lowest BCUT2D eigenvalue weighted by Crippen LogP contribution is -2.52. The van der Waals surface area contributed by atoms with Crippen LogP contribution in [0.3, 0.4) is 0 Å². The van der Waals surface area contributed by atoms with Crippen LogP contribution >= 0.6 is 35.6 Å². The third-order valence-electron chi connectivity index (χ3n) is 5.03. The molecule has 2 unspecified atom stereocenters. The van der Waals surface area contributed by atoms with Gasteiger partial charge in [-0.15, -0.1) is 12.4 Å². The average Bonchev–Trinajstić information content (AvgIpc) is 2.87. The maximum atomic E-state index is 12.6. The third kappa shape index (κ3) is 4.96. The third-order valence-corrected chi connectivity index (χ3v) is 5.77. The van der Waals surface area contributed by atoms with E-state index in [1.165, 1.54) is 0 Å². The van der Waals surface area contributed by atoms with Crippen molar-refractivity contribution in [2.45, 2.75) is 52.1 Å². The maximum Gasteiger partial charge on any atom is 0.224 e. The second kappa shape index (κ2) is 9.28. The molecule has 1 amide bonds. The summed E-state index contributed by atoms with van der Waals surface area (Å²) in [6.07, 6.45) is 2.42. The Morgan fingerprint density at radius 1 is 1.33 bits per heavy atom. The van der Waals surface area contributed by atoms with Gasteiger partial charge < -0.3 is 10.6 Å². The van der Waals surface area contributed by atoms with E-state index >= 15 is 0 Å². The summed E-state index contributed by atoms with van der Waals surface area (Å²) in [4.78, 5) is 12.6. The van der Waals surface area contributed by atoms with Crippen molar-refractivity contribution in [3.63, 3.8) is 0 Å². The van der Waals surface area contributed by atoms with E-state index in [1.807, 2.05) is 24.6 Å². The summed E-state index contributed by atoms with van der Waals surface area (Å²) < 4.78 is 1.81. The number of halogens is 3. The lowest BCUT2D eigenvalue weighted by atomic mass is 9.99. The van der Waals surface area contributed by atoms with Gasteiger partial charge in [-0.25, -0.2) is 4.68 Å². The van der Waals surface area contributed by atoms with Crippen molar-refractivity contribution < 1.29 is 4.79 Å². The Hall–Kier alpha value is -1.27. The predicted octanol–water partition coefficient (Wildman–Crippen LogP) is 4.02. The van der Waals surface area contributed by atoms with E-state index in [4.69, 9.17) is 23.2 Å². The lowest BCUT2D eigenvalue weighted by molar-refractivity contribution is -0.121. The van der Waals surface area contributed by atoms with Gasteiger partial charge in [0.25, 0.3) is 0 Å². The summed E-state index contributed by atoms with van der Waals surface area (Å²) in [7, 11) is 0. The molecule has 0 spiro atoms. The van der Waals surface area contributed by atoms with Gasteiger partial charge in [0.15, 0.2) is 0 Å². The fraction of sp³-hybridized carbons (Fsp3) is 0.474. The molecule has 148 valence electrons. The summed E-state index contributed by atoms with van der Waals surface area (Å²) >= 11 is 12.1. The molecule has 2 aromatic rings.